The highest BCUT2D eigenvalue weighted by Crippen LogP contribution is 2.54. The Morgan fingerprint density at radius 1 is 1.21 bits per heavy atom. The zero-order valence-corrected chi connectivity index (χ0v) is 13.3. The smallest absolute Gasteiger partial charge is 0.275 e. The van der Waals surface area contributed by atoms with E-state index in [4.69, 9.17) is 11.6 Å². The molecule has 1 aliphatic carbocycles. The van der Waals surface area contributed by atoms with Crippen LogP contribution >= 0.6 is 11.6 Å². The molecule has 24 heavy (non-hydrogen) atoms. The van der Waals surface area contributed by atoms with E-state index in [1.165, 1.54) is 18.2 Å². The van der Waals surface area contributed by atoms with Crippen molar-refractivity contribution in [3.8, 4) is 0 Å². The molecule has 0 aromatic heterocycles. The molecular weight excluding hydrogens is 331 g/mol. The Hall–Kier alpha value is -2.40. The van der Waals surface area contributed by atoms with Crippen LogP contribution in [0.3, 0.4) is 0 Å². The molecule has 0 unspecified atom stereocenters. The van der Waals surface area contributed by atoms with Crippen LogP contribution in [0, 0.1) is 21.8 Å². The standard InChI is InChI=1S/C18H14ClFN2O2/c19-14-8-9-15(22(23)24)16-12-2-1-3-13(12)17(21-18(14)16)10-4-6-11(20)7-5-10/h1-2,4-9,12-13,17,21H,3H2/t12-,13+,17+/m1/s1. The van der Waals surface area contributed by atoms with Crippen molar-refractivity contribution >= 4 is 23.0 Å². The summed E-state index contributed by atoms with van der Waals surface area (Å²) in [6, 6.07) is 9.30. The number of hydrogen-bond acceptors (Lipinski definition) is 3. The van der Waals surface area contributed by atoms with Crippen LogP contribution in [0.5, 0.6) is 0 Å². The van der Waals surface area contributed by atoms with Crippen molar-refractivity contribution in [1.82, 2.24) is 0 Å². The van der Waals surface area contributed by atoms with Crippen molar-refractivity contribution in [2.45, 2.75) is 18.4 Å². The van der Waals surface area contributed by atoms with Gasteiger partial charge in [0, 0.05) is 12.0 Å². The maximum atomic E-state index is 13.2. The van der Waals surface area contributed by atoms with Crippen molar-refractivity contribution in [1.29, 1.82) is 0 Å². The number of anilines is 1. The highest BCUT2D eigenvalue weighted by atomic mass is 35.5. The lowest BCUT2D eigenvalue weighted by Crippen LogP contribution is -2.29. The number of nitrogens with zero attached hydrogens (tertiary/aromatic N) is 1. The van der Waals surface area contributed by atoms with Crippen LogP contribution < -0.4 is 5.32 Å². The zero-order chi connectivity index (χ0) is 16.8. The number of fused-ring (bicyclic) bond motifs is 3. The Kier molecular flexibility index (Phi) is 3.53. The number of hydrogen-bond donors (Lipinski definition) is 1. The first-order valence-electron chi connectivity index (χ1n) is 7.71. The van der Waals surface area contributed by atoms with Gasteiger partial charge in [0.25, 0.3) is 5.69 Å². The number of allylic oxidation sites excluding steroid dienone is 2. The van der Waals surface area contributed by atoms with E-state index in [9.17, 15) is 14.5 Å². The van der Waals surface area contributed by atoms with E-state index in [1.54, 1.807) is 18.2 Å². The van der Waals surface area contributed by atoms with Gasteiger partial charge in [0.1, 0.15) is 5.82 Å². The quantitative estimate of drug-likeness (QED) is 0.462. The fourth-order valence-corrected chi connectivity index (χ4v) is 4.03. The summed E-state index contributed by atoms with van der Waals surface area (Å²) < 4.78 is 13.2. The molecular formula is C18H14ClFN2O2. The minimum absolute atomic E-state index is 0.0717. The Morgan fingerprint density at radius 3 is 2.67 bits per heavy atom. The van der Waals surface area contributed by atoms with Gasteiger partial charge in [-0.2, -0.15) is 0 Å². The maximum absolute atomic E-state index is 13.2. The van der Waals surface area contributed by atoms with Crippen LogP contribution in [0.25, 0.3) is 0 Å². The van der Waals surface area contributed by atoms with E-state index in [-0.39, 0.29) is 34.3 Å². The number of nitro benzene ring substituents is 1. The lowest BCUT2D eigenvalue weighted by molar-refractivity contribution is -0.385. The molecule has 1 heterocycles. The van der Waals surface area contributed by atoms with Crippen molar-refractivity contribution in [3.05, 3.63) is 80.6 Å². The summed E-state index contributed by atoms with van der Waals surface area (Å²) in [4.78, 5) is 11.1. The summed E-state index contributed by atoms with van der Waals surface area (Å²) >= 11 is 6.32. The van der Waals surface area contributed by atoms with Gasteiger partial charge in [0.15, 0.2) is 0 Å². The van der Waals surface area contributed by atoms with Gasteiger partial charge in [-0.3, -0.25) is 10.1 Å². The summed E-state index contributed by atoms with van der Waals surface area (Å²) in [5.41, 5.74) is 2.28. The van der Waals surface area contributed by atoms with Gasteiger partial charge in [0.05, 0.1) is 27.2 Å². The third kappa shape index (κ3) is 2.27. The minimum Gasteiger partial charge on any atom is -0.376 e. The van der Waals surface area contributed by atoms with Crippen LogP contribution in [0.4, 0.5) is 15.8 Å². The molecule has 3 atom stereocenters. The highest BCUT2D eigenvalue weighted by molar-refractivity contribution is 6.33. The lowest BCUT2D eigenvalue weighted by atomic mass is 9.76. The van der Waals surface area contributed by atoms with Crippen molar-refractivity contribution in [2.75, 3.05) is 5.32 Å². The van der Waals surface area contributed by atoms with E-state index in [0.717, 1.165) is 12.0 Å². The molecule has 122 valence electrons. The van der Waals surface area contributed by atoms with Gasteiger partial charge < -0.3 is 5.32 Å². The van der Waals surface area contributed by atoms with Crippen molar-refractivity contribution in [2.24, 2.45) is 5.92 Å². The van der Waals surface area contributed by atoms with Gasteiger partial charge >= 0.3 is 0 Å². The van der Waals surface area contributed by atoms with Crippen LogP contribution in [-0.4, -0.2) is 4.92 Å². The fraction of sp³-hybridized carbons (Fsp3) is 0.222. The minimum atomic E-state index is -0.363. The predicted octanol–water partition coefficient (Wildman–Crippen LogP) is 5.21. The molecule has 6 heteroatoms. The largest absolute Gasteiger partial charge is 0.376 e. The monoisotopic (exact) mass is 344 g/mol. The number of halogens is 2. The van der Waals surface area contributed by atoms with E-state index in [1.807, 2.05) is 12.2 Å². The van der Waals surface area contributed by atoms with Gasteiger partial charge in [-0.15, -0.1) is 0 Å². The maximum Gasteiger partial charge on any atom is 0.275 e. The summed E-state index contributed by atoms with van der Waals surface area (Å²) in [7, 11) is 0. The first-order chi connectivity index (χ1) is 11.6. The molecule has 0 amide bonds. The molecule has 2 aromatic carbocycles. The Morgan fingerprint density at radius 2 is 1.96 bits per heavy atom. The van der Waals surface area contributed by atoms with Gasteiger partial charge in [0.2, 0.25) is 0 Å². The SMILES string of the molecule is O=[N+]([O-])c1ccc(Cl)c2c1[C@@H]1C=CC[C@@H]1[C@H](c1ccc(F)cc1)N2. The Balaban J connectivity index is 1.86. The number of nitrogens with one attached hydrogen (secondary N) is 1. The molecule has 0 bridgehead atoms. The molecule has 0 saturated heterocycles. The lowest BCUT2D eigenvalue weighted by Gasteiger charge is -2.37. The van der Waals surface area contributed by atoms with Crippen molar-refractivity contribution in [3.63, 3.8) is 0 Å². The van der Waals surface area contributed by atoms with Gasteiger partial charge in [-0.05, 0) is 36.1 Å². The fourth-order valence-electron chi connectivity index (χ4n) is 3.81. The zero-order valence-electron chi connectivity index (χ0n) is 12.6. The molecule has 0 fully saturated rings. The molecule has 0 radical (unpaired) electrons. The van der Waals surface area contributed by atoms with Gasteiger partial charge in [-0.1, -0.05) is 35.9 Å². The van der Waals surface area contributed by atoms with Crippen LogP contribution in [0.2, 0.25) is 5.02 Å². The molecule has 4 rings (SSSR count). The predicted molar refractivity (Wildman–Crippen MR) is 90.9 cm³/mol. The van der Waals surface area contributed by atoms with Crippen LogP contribution in [-0.2, 0) is 0 Å². The molecule has 1 aliphatic heterocycles. The summed E-state index contributed by atoms with van der Waals surface area (Å²) in [6.07, 6.45) is 4.88. The topological polar surface area (TPSA) is 55.2 Å². The first kappa shape index (κ1) is 15.1. The second-order valence-corrected chi connectivity index (χ2v) is 6.55. The molecule has 2 aromatic rings. The van der Waals surface area contributed by atoms with E-state index >= 15 is 0 Å². The third-order valence-corrected chi connectivity index (χ3v) is 5.19. The van der Waals surface area contributed by atoms with E-state index < -0.39 is 0 Å². The molecule has 0 spiro atoms. The summed E-state index contributed by atoms with van der Waals surface area (Å²) in [6.45, 7) is 0. The first-order valence-corrected chi connectivity index (χ1v) is 8.09. The van der Waals surface area contributed by atoms with Gasteiger partial charge in [-0.25, -0.2) is 4.39 Å². The molecule has 1 N–H and O–H groups in total. The van der Waals surface area contributed by atoms with Crippen LogP contribution in [0.15, 0.2) is 48.6 Å². The highest BCUT2D eigenvalue weighted by Gasteiger charge is 2.42. The van der Waals surface area contributed by atoms with Crippen molar-refractivity contribution < 1.29 is 9.31 Å². The Bertz CT molecular complexity index is 851. The number of rotatable bonds is 2. The third-order valence-electron chi connectivity index (χ3n) is 4.87. The number of nitro groups is 1. The summed E-state index contributed by atoms with van der Waals surface area (Å²) in [5.74, 6) is -0.222. The van der Waals surface area contributed by atoms with Crippen LogP contribution in [0.1, 0.15) is 29.5 Å². The molecule has 2 aliphatic rings. The normalized spacial score (nSPS) is 24.2. The average Bonchev–Trinajstić information content (AvgIpc) is 3.05. The number of benzene rings is 2. The average molecular weight is 345 g/mol. The Labute approximate surface area is 143 Å². The second kappa shape index (κ2) is 5.60. The molecule has 4 nitrogen and oxygen atoms in total. The molecule has 0 saturated carbocycles. The summed E-state index contributed by atoms with van der Waals surface area (Å²) in [5, 5.41) is 15.3. The van der Waals surface area contributed by atoms with E-state index in [0.29, 0.717) is 16.3 Å². The van der Waals surface area contributed by atoms with E-state index in [2.05, 4.69) is 5.32 Å². The second-order valence-electron chi connectivity index (χ2n) is 6.14.